The first-order valence-corrected chi connectivity index (χ1v) is 6.60. The Bertz CT molecular complexity index is 408. The summed E-state index contributed by atoms with van der Waals surface area (Å²) in [4.78, 5) is 16.1. The molecule has 5 heteroatoms. The van der Waals surface area contributed by atoms with Gasteiger partial charge in [-0.3, -0.25) is 4.79 Å². The standard InChI is InChI=1S/C13H21N3O2/c1-8(2)11(14)13-16-10(7-18-13)12(17)15-9-5-3-4-6-9/h7-9,11H,3-6,14H2,1-2H3,(H,15,17). The van der Waals surface area contributed by atoms with E-state index in [9.17, 15) is 4.79 Å². The van der Waals surface area contributed by atoms with Crippen LogP contribution in [0, 0.1) is 5.92 Å². The summed E-state index contributed by atoms with van der Waals surface area (Å²) in [5, 5.41) is 2.97. The minimum Gasteiger partial charge on any atom is -0.446 e. The molecular formula is C13H21N3O2. The summed E-state index contributed by atoms with van der Waals surface area (Å²) in [6.07, 6.45) is 5.88. The molecule has 0 aromatic carbocycles. The molecule has 2 rings (SSSR count). The molecule has 5 nitrogen and oxygen atoms in total. The number of hydrogen-bond donors (Lipinski definition) is 2. The van der Waals surface area contributed by atoms with E-state index in [1.807, 2.05) is 13.8 Å². The van der Waals surface area contributed by atoms with Crippen molar-refractivity contribution in [1.82, 2.24) is 10.3 Å². The third-order valence-electron chi connectivity index (χ3n) is 3.45. The number of nitrogens with one attached hydrogen (secondary N) is 1. The lowest BCUT2D eigenvalue weighted by Crippen LogP contribution is -2.32. The molecule has 1 amide bonds. The number of hydrogen-bond acceptors (Lipinski definition) is 4. The van der Waals surface area contributed by atoms with Crippen LogP contribution in [0.1, 0.15) is 62.0 Å². The Kier molecular flexibility index (Phi) is 4.01. The Hall–Kier alpha value is -1.36. The predicted octanol–water partition coefficient (Wildman–Crippen LogP) is 2.00. The van der Waals surface area contributed by atoms with Gasteiger partial charge in [-0.1, -0.05) is 26.7 Å². The summed E-state index contributed by atoms with van der Waals surface area (Å²) in [6, 6.07) is 0.0226. The van der Waals surface area contributed by atoms with E-state index in [0.29, 0.717) is 11.6 Å². The number of aromatic nitrogens is 1. The average Bonchev–Trinajstić information content (AvgIpc) is 2.97. The summed E-state index contributed by atoms with van der Waals surface area (Å²) >= 11 is 0. The molecule has 0 spiro atoms. The first kappa shape index (κ1) is 13.1. The van der Waals surface area contributed by atoms with E-state index in [0.717, 1.165) is 12.8 Å². The molecule has 1 saturated carbocycles. The highest BCUT2D eigenvalue weighted by Crippen LogP contribution is 2.20. The van der Waals surface area contributed by atoms with E-state index in [1.165, 1.54) is 19.1 Å². The zero-order valence-corrected chi connectivity index (χ0v) is 11.0. The maximum atomic E-state index is 11.9. The molecule has 0 radical (unpaired) electrons. The number of nitrogens with zero attached hydrogens (tertiary/aromatic N) is 1. The van der Waals surface area contributed by atoms with Crippen LogP contribution in [0.3, 0.4) is 0 Å². The average molecular weight is 251 g/mol. The molecular weight excluding hydrogens is 230 g/mol. The van der Waals surface area contributed by atoms with Crippen molar-refractivity contribution >= 4 is 5.91 Å². The molecule has 1 atom stereocenters. The number of rotatable bonds is 4. The van der Waals surface area contributed by atoms with Crippen molar-refractivity contribution in [2.75, 3.05) is 0 Å². The van der Waals surface area contributed by atoms with Gasteiger partial charge in [0.25, 0.3) is 5.91 Å². The van der Waals surface area contributed by atoms with E-state index in [-0.39, 0.29) is 23.9 Å². The lowest BCUT2D eigenvalue weighted by atomic mass is 10.1. The molecule has 100 valence electrons. The van der Waals surface area contributed by atoms with Crippen molar-refractivity contribution in [2.24, 2.45) is 11.7 Å². The van der Waals surface area contributed by atoms with Crippen LogP contribution in [-0.2, 0) is 0 Å². The van der Waals surface area contributed by atoms with Crippen LogP contribution in [0.15, 0.2) is 10.7 Å². The zero-order valence-electron chi connectivity index (χ0n) is 11.0. The van der Waals surface area contributed by atoms with Crippen molar-refractivity contribution in [2.45, 2.75) is 51.6 Å². The fourth-order valence-corrected chi connectivity index (χ4v) is 2.16. The predicted molar refractivity (Wildman–Crippen MR) is 68.0 cm³/mol. The number of nitrogens with two attached hydrogens (primary N) is 1. The molecule has 0 bridgehead atoms. The molecule has 1 aromatic heterocycles. The number of carbonyl (C=O) groups excluding carboxylic acids is 1. The van der Waals surface area contributed by atoms with Gasteiger partial charge in [0.15, 0.2) is 5.69 Å². The van der Waals surface area contributed by atoms with Crippen LogP contribution in [0.4, 0.5) is 0 Å². The van der Waals surface area contributed by atoms with E-state index < -0.39 is 0 Å². The largest absolute Gasteiger partial charge is 0.446 e. The Balaban J connectivity index is 1.98. The van der Waals surface area contributed by atoms with Gasteiger partial charge in [-0.05, 0) is 18.8 Å². The normalized spacial score (nSPS) is 18.2. The molecule has 3 N–H and O–H groups in total. The van der Waals surface area contributed by atoms with Gasteiger partial charge >= 0.3 is 0 Å². The van der Waals surface area contributed by atoms with Crippen LogP contribution < -0.4 is 11.1 Å². The Morgan fingerprint density at radius 2 is 2.17 bits per heavy atom. The van der Waals surface area contributed by atoms with Crippen LogP contribution in [0.2, 0.25) is 0 Å². The Morgan fingerprint density at radius 1 is 1.50 bits per heavy atom. The second kappa shape index (κ2) is 5.52. The zero-order chi connectivity index (χ0) is 13.1. The highest BCUT2D eigenvalue weighted by atomic mass is 16.3. The van der Waals surface area contributed by atoms with E-state index in [1.54, 1.807) is 0 Å². The minimum atomic E-state index is -0.266. The van der Waals surface area contributed by atoms with Crippen LogP contribution in [0.25, 0.3) is 0 Å². The first-order valence-electron chi connectivity index (χ1n) is 6.60. The highest BCUT2D eigenvalue weighted by Gasteiger charge is 2.22. The van der Waals surface area contributed by atoms with Crippen LogP contribution in [-0.4, -0.2) is 16.9 Å². The number of carbonyl (C=O) groups is 1. The molecule has 1 aliphatic carbocycles. The number of amides is 1. The molecule has 18 heavy (non-hydrogen) atoms. The van der Waals surface area contributed by atoms with Gasteiger partial charge in [0.2, 0.25) is 5.89 Å². The fourth-order valence-electron chi connectivity index (χ4n) is 2.16. The number of oxazole rings is 1. The van der Waals surface area contributed by atoms with Crippen LogP contribution in [0.5, 0.6) is 0 Å². The maximum absolute atomic E-state index is 11.9. The lowest BCUT2D eigenvalue weighted by molar-refractivity contribution is 0.0932. The van der Waals surface area contributed by atoms with Gasteiger partial charge in [0, 0.05) is 6.04 Å². The Labute approximate surface area is 107 Å². The molecule has 1 unspecified atom stereocenters. The van der Waals surface area contributed by atoms with Crippen molar-refractivity contribution in [1.29, 1.82) is 0 Å². The topological polar surface area (TPSA) is 81.1 Å². The SMILES string of the molecule is CC(C)C(N)c1nc(C(=O)NC2CCCC2)co1. The molecule has 1 aromatic rings. The first-order chi connectivity index (χ1) is 8.58. The molecule has 1 fully saturated rings. The van der Waals surface area contributed by atoms with E-state index in [4.69, 9.17) is 10.2 Å². The van der Waals surface area contributed by atoms with Crippen molar-refractivity contribution < 1.29 is 9.21 Å². The van der Waals surface area contributed by atoms with Gasteiger partial charge in [-0.25, -0.2) is 4.98 Å². The van der Waals surface area contributed by atoms with Crippen molar-refractivity contribution in [3.63, 3.8) is 0 Å². The molecule has 1 aliphatic rings. The van der Waals surface area contributed by atoms with E-state index >= 15 is 0 Å². The molecule has 0 saturated heterocycles. The monoisotopic (exact) mass is 251 g/mol. The third-order valence-corrected chi connectivity index (χ3v) is 3.45. The van der Waals surface area contributed by atoms with Gasteiger partial charge in [-0.2, -0.15) is 0 Å². The second-order valence-electron chi connectivity index (χ2n) is 5.30. The van der Waals surface area contributed by atoms with Gasteiger partial charge in [-0.15, -0.1) is 0 Å². The summed E-state index contributed by atoms with van der Waals surface area (Å²) in [7, 11) is 0. The second-order valence-corrected chi connectivity index (χ2v) is 5.30. The Morgan fingerprint density at radius 3 is 2.78 bits per heavy atom. The lowest BCUT2D eigenvalue weighted by Gasteiger charge is -2.11. The van der Waals surface area contributed by atoms with Crippen molar-refractivity contribution in [3.8, 4) is 0 Å². The summed E-state index contributed by atoms with van der Waals surface area (Å²) < 4.78 is 5.28. The summed E-state index contributed by atoms with van der Waals surface area (Å²) in [5.41, 5.74) is 6.25. The van der Waals surface area contributed by atoms with Crippen molar-refractivity contribution in [3.05, 3.63) is 17.8 Å². The highest BCUT2D eigenvalue weighted by molar-refractivity contribution is 5.92. The minimum absolute atomic E-state index is 0.159. The molecule has 0 aliphatic heterocycles. The van der Waals surface area contributed by atoms with Crippen LogP contribution >= 0.6 is 0 Å². The van der Waals surface area contributed by atoms with E-state index in [2.05, 4.69) is 10.3 Å². The smallest absolute Gasteiger partial charge is 0.273 e. The summed E-state index contributed by atoms with van der Waals surface area (Å²) in [5.74, 6) is 0.504. The van der Waals surface area contributed by atoms with Gasteiger partial charge in [0.05, 0.1) is 6.04 Å². The van der Waals surface area contributed by atoms with Gasteiger partial charge in [0.1, 0.15) is 6.26 Å². The van der Waals surface area contributed by atoms with Gasteiger partial charge < -0.3 is 15.5 Å². The molecule has 1 heterocycles. The summed E-state index contributed by atoms with van der Waals surface area (Å²) in [6.45, 7) is 3.99. The maximum Gasteiger partial charge on any atom is 0.273 e. The fraction of sp³-hybridized carbons (Fsp3) is 0.692. The third kappa shape index (κ3) is 2.90. The quantitative estimate of drug-likeness (QED) is 0.857.